The van der Waals surface area contributed by atoms with Crippen molar-refractivity contribution in [1.82, 2.24) is 10.6 Å². The lowest BCUT2D eigenvalue weighted by atomic mass is 10.1. The van der Waals surface area contributed by atoms with Crippen LogP contribution in [-0.2, 0) is 11.3 Å². The molecule has 0 bridgehead atoms. The van der Waals surface area contributed by atoms with Gasteiger partial charge in [-0.1, -0.05) is 19.1 Å². The van der Waals surface area contributed by atoms with Gasteiger partial charge in [-0.25, -0.2) is 0 Å². The predicted molar refractivity (Wildman–Crippen MR) is 82.0 cm³/mol. The van der Waals surface area contributed by atoms with Crippen molar-refractivity contribution in [2.24, 2.45) is 0 Å². The van der Waals surface area contributed by atoms with Gasteiger partial charge in [0.15, 0.2) is 6.61 Å². The third kappa shape index (κ3) is 5.84. The smallest absolute Gasteiger partial charge is 0.258 e. The van der Waals surface area contributed by atoms with Crippen LogP contribution in [0.2, 0.25) is 0 Å². The Morgan fingerprint density at radius 2 is 2.00 bits per heavy atom. The minimum absolute atomic E-state index is 0.00218. The van der Waals surface area contributed by atoms with E-state index in [-0.39, 0.29) is 19.1 Å². The molecule has 1 rings (SSSR count). The summed E-state index contributed by atoms with van der Waals surface area (Å²) in [5.41, 5.74) is 3.23. The second-order valence-corrected chi connectivity index (χ2v) is 4.96. The number of amides is 1. The van der Waals surface area contributed by atoms with E-state index in [0.717, 1.165) is 36.4 Å². The SMILES string of the molecule is CCCNCc1cc(C)c(OCC(=O)NCC#N)c(C)c1. The molecule has 114 valence electrons. The molecule has 5 nitrogen and oxygen atoms in total. The molecule has 1 aromatic carbocycles. The van der Waals surface area contributed by atoms with Crippen LogP contribution in [-0.4, -0.2) is 25.6 Å². The number of benzene rings is 1. The van der Waals surface area contributed by atoms with E-state index in [1.807, 2.05) is 19.9 Å². The van der Waals surface area contributed by atoms with Crippen LogP contribution in [0.15, 0.2) is 12.1 Å². The van der Waals surface area contributed by atoms with Crippen LogP contribution >= 0.6 is 0 Å². The Labute approximate surface area is 126 Å². The van der Waals surface area contributed by atoms with Gasteiger partial charge >= 0.3 is 0 Å². The van der Waals surface area contributed by atoms with Gasteiger partial charge in [0, 0.05) is 6.54 Å². The van der Waals surface area contributed by atoms with E-state index in [4.69, 9.17) is 10.00 Å². The molecule has 0 spiro atoms. The summed E-state index contributed by atoms with van der Waals surface area (Å²) in [6.07, 6.45) is 1.11. The fourth-order valence-corrected chi connectivity index (χ4v) is 2.11. The number of rotatable bonds is 8. The maximum absolute atomic E-state index is 11.4. The number of carbonyl (C=O) groups is 1. The third-order valence-corrected chi connectivity index (χ3v) is 2.99. The monoisotopic (exact) mass is 289 g/mol. The molecule has 0 saturated carbocycles. The van der Waals surface area contributed by atoms with E-state index in [2.05, 4.69) is 29.7 Å². The van der Waals surface area contributed by atoms with Crippen molar-refractivity contribution in [3.05, 3.63) is 28.8 Å². The Bertz CT molecular complexity index is 498. The van der Waals surface area contributed by atoms with Crippen LogP contribution in [0.5, 0.6) is 5.75 Å². The molecule has 0 radical (unpaired) electrons. The second-order valence-electron chi connectivity index (χ2n) is 4.96. The van der Waals surface area contributed by atoms with Crippen LogP contribution in [0.4, 0.5) is 0 Å². The fourth-order valence-electron chi connectivity index (χ4n) is 2.11. The van der Waals surface area contributed by atoms with Crippen molar-refractivity contribution in [3.8, 4) is 11.8 Å². The van der Waals surface area contributed by atoms with Crippen LogP contribution < -0.4 is 15.4 Å². The number of aryl methyl sites for hydroxylation is 2. The number of nitrogens with zero attached hydrogens (tertiary/aromatic N) is 1. The van der Waals surface area contributed by atoms with Crippen molar-refractivity contribution in [2.45, 2.75) is 33.7 Å². The zero-order valence-corrected chi connectivity index (χ0v) is 13.0. The Morgan fingerprint density at radius 1 is 1.33 bits per heavy atom. The molecule has 1 amide bonds. The lowest BCUT2D eigenvalue weighted by molar-refractivity contribution is -0.122. The van der Waals surface area contributed by atoms with Crippen molar-refractivity contribution in [1.29, 1.82) is 5.26 Å². The third-order valence-electron chi connectivity index (χ3n) is 2.99. The lowest BCUT2D eigenvalue weighted by Gasteiger charge is -2.14. The first-order chi connectivity index (χ1) is 10.1. The number of carbonyl (C=O) groups excluding carboxylic acids is 1. The van der Waals surface area contributed by atoms with Gasteiger partial charge in [0.25, 0.3) is 5.91 Å². The molecule has 2 N–H and O–H groups in total. The number of nitrogens with one attached hydrogen (secondary N) is 2. The zero-order valence-electron chi connectivity index (χ0n) is 13.0. The number of ether oxygens (including phenoxy) is 1. The van der Waals surface area contributed by atoms with Gasteiger partial charge < -0.3 is 15.4 Å². The van der Waals surface area contributed by atoms with Gasteiger partial charge in [-0.05, 0) is 43.5 Å². The van der Waals surface area contributed by atoms with Crippen molar-refractivity contribution < 1.29 is 9.53 Å². The van der Waals surface area contributed by atoms with Gasteiger partial charge in [0.1, 0.15) is 12.3 Å². The first kappa shape index (κ1) is 17.0. The quantitative estimate of drug-likeness (QED) is 0.565. The van der Waals surface area contributed by atoms with E-state index < -0.39 is 0 Å². The van der Waals surface area contributed by atoms with Crippen LogP contribution in [0, 0.1) is 25.2 Å². The second kappa shape index (κ2) is 8.98. The molecule has 0 fully saturated rings. The zero-order chi connectivity index (χ0) is 15.7. The highest BCUT2D eigenvalue weighted by atomic mass is 16.5. The largest absolute Gasteiger partial charge is 0.483 e. The molecule has 1 aromatic rings. The molecule has 0 aliphatic heterocycles. The summed E-state index contributed by atoms with van der Waals surface area (Å²) < 4.78 is 5.57. The van der Waals surface area contributed by atoms with Crippen molar-refractivity contribution in [3.63, 3.8) is 0 Å². The molecule has 5 heteroatoms. The van der Waals surface area contributed by atoms with Gasteiger partial charge in [0.2, 0.25) is 0 Å². The maximum atomic E-state index is 11.4. The predicted octanol–water partition coefficient (Wildman–Crippen LogP) is 1.82. The summed E-state index contributed by atoms with van der Waals surface area (Å²) in [6.45, 7) is 7.84. The van der Waals surface area contributed by atoms with E-state index in [1.165, 1.54) is 5.56 Å². The highest BCUT2D eigenvalue weighted by Gasteiger charge is 2.09. The first-order valence-corrected chi connectivity index (χ1v) is 7.15. The lowest BCUT2D eigenvalue weighted by Crippen LogP contribution is -2.29. The minimum Gasteiger partial charge on any atom is -0.483 e. The molecule has 0 atom stereocenters. The van der Waals surface area contributed by atoms with E-state index in [9.17, 15) is 4.79 Å². The molecule has 21 heavy (non-hydrogen) atoms. The Hall–Kier alpha value is -2.06. The van der Waals surface area contributed by atoms with Gasteiger partial charge in [-0.2, -0.15) is 5.26 Å². The molecular formula is C16H23N3O2. The van der Waals surface area contributed by atoms with E-state index in [1.54, 1.807) is 0 Å². The topological polar surface area (TPSA) is 74.2 Å². The normalized spacial score (nSPS) is 10.0. The van der Waals surface area contributed by atoms with Crippen LogP contribution in [0.1, 0.15) is 30.0 Å². The first-order valence-electron chi connectivity index (χ1n) is 7.15. The number of hydrogen-bond acceptors (Lipinski definition) is 4. The Morgan fingerprint density at radius 3 is 2.57 bits per heavy atom. The molecule has 0 aliphatic rings. The molecule has 0 saturated heterocycles. The summed E-state index contributed by atoms with van der Waals surface area (Å²) >= 11 is 0. The summed E-state index contributed by atoms with van der Waals surface area (Å²) in [5.74, 6) is 0.449. The standard InChI is InChI=1S/C16H23N3O2/c1-4-6-18-10-14-8-12(2)16(13(3)9-14)21-11-15(20)19-7-5-17/h8-9,18H,4,6-7,10-11H2,1-3H3,(H,19,20). The minimum atomic E-state index is -0.288. The summed E-state index contributed by atoms with van der Waals surface area (Å²) in [6, 6.07) is 5.99. The van der Waals surface area contributed by atoms with E-state index >= 15 is 0 Å². The number of hydrogen-bond donors (Lipinski definition) is 2. The molecule has 0 aromatic heterocycles. The van der Waals surface area contributed by atoms with Crippen molar-refractivity contribution >= 4 is 5.91 Å². The fraction of sp³-hybridized carbons (Fsp3) is 0.500. The van der Waals surface area contributed by atoms with Gasteiger partial charge in [0.05, 0.1) is 6.07 Å². The molecule has 0 aliphatic carbocycles. The molecule has 0 unspecified atom stereocenters. The highest BCUT2D eigenvalue weighted by molar-refractivity contribution is 5.77. The summed E-state index contributed by atoms with van der Waals surface area (Å²) in [7, 11) is 0. The number of nitriles is 1. The van der Waals surface area contributed by atoms with E-state index in [0.29, 0.717) is 0 Å². The average molecular weight is 289 g/mol. The summed E-state index contributed by atoms with van der Waals surface area (Å²) in [4.78, 5) is 11.4. The highest BCUT2D eigenvalue weighted by Crippen LogP contribution is 2.24. The van der Waals surface area contributed by atoms with Gasteiger partial charge in [-0.3, -0.25) is 4.79 Å². The van der Waals surface area contributed by atoms with Crippen LogP contribution in [0.3, 0.4) is 0 Å². The molecular weight excluding hydrogens is 266 g/mol. The van der Waals surface area contributed by atoms with Crippen molar-refractivity contribution in [2.75, 3.05) is 19.7 Å². The maximum Gasteiger partial charge on any atom is 0.258 e. The van der Waals surface area contributed by atoms with Crippen LogP contribution in [0.25, 0.3) is 0 Å². The average Bonchev–Trinajstić information content (AvgIpc) is 2.44. The Kier molecular flexibility index (Phi) is 7.27. The molecule has 0 heterocycles. The Balaban J connectivity index is 2.63. The van der Waals surface area contributed by atoms with Gasteiger partial charge in [-0.15, -0.1) is 0 Å². The summed E-state index contributed by atoms with van der Waals surface area (Å²) in [5, 5.41) is 14.2.